The van der Waals surface area contributed by atoms with E-state index < -0.39 is 0 Å². The molecule has 0 fully saturated rings. The number of fused-ring (bicyclic) bond motifs is 4. The molecule has 10 nitrogen and oxygen atoms in total. The van der Waals surface area contributed by atoms with Gasteiger partial charge in [0.2, 0.25) is 0 Å². The van der Waals surface area contributed by atoms with Crippen LogP contribution in [0.1, 0.15) is 71.8 Å². The van der Waals surface area contributed by atoms with Crippen LogP contribution in [0.3, 0.4) is 0 Å². The summed E-state index contributed by atoms with van der Waals surface area (Å²) in [5, 5.41) is 12.9. The maximum Gasteiger partial charge on any atom is 0.275 e. The van der Waals surface area contributed by atoms with Gasteiger partial charge in [0.05, 0.1) is 28.5 Å². The summed E-state index contributed by atoms with van der Waals surface area (Å²) in [6.45, 7) is 16.3. The van der Waals surface area contributed by atoms with Crippen molar-refractivity contribution in [2.75, 3.05) is 18.1 Å². The smallest absolute Gasteiger partial charge is 0.275 e. The SMILES string of the molecule is Cc1cc(OCCCc2c3n(c4c(-c5c(C)nn(C)c5C)c(Cl)ccc24)[C@H](C)CN(c2cn(C)c4ccc(-c5ncn(CC(C)C)n5)cc24)C3=O)cc(C)c1Cl. The fraction of sp³-hybridized carbons (Fsp3) is 0.364. The van der Waals surface area contributed by atoms with Crippen LogP contribution in [0.4, 0.5) is 5.69 Å². The summed E-state index contributed by atoms with van der Waals surface area (Å²) in [7, 11) is 3.98. The van der Waals surface area contributed by atoms with Gasteiger partial charge in [-0.05, 0) is 106 Å². The highest BCUT2D eigenvalue weighted by molar-refractivity contribution is 6.35. The average Bonchev–Trinajstić information content (AvgIpc) is 3.90. The minimum Gasteiger partial charge on any atom is -0.494 e. The van der Waals surface area contributed by atoms with Gasteiger partial charge in [0, 0.05) is 83.1 Å². The Morgan fingerprint density at radius 3 is 2.39 bits per heavy atom. The second-order valence-corrected chi connectivity index (χ2v) is 16.6. The highest BCUT2D eigenvalue weighted by atomic mass is 35.5. The van der Waals surface area contributed by atoms with Crippen molar-refractivity contribution in [2.24, 2.45) is 20.0 Å². The van der Waals surface area contributed by atoms with Gasteiger partial charge in [-0.25, -0.2) is 4.98 Å². The lowest BCUT2D eigenvalue weighted by molar-refractivity contribution is 0.0957. The number of rotatable bonds is 10. The first-order chi connectivity index (χ1) is 26.7. The minimum atomic E-state index is -0.0726. The van der Waals surface area contributed by atoms with Crippen molar-refractivity contribution in [1.29, 1.82) is 0 Å². The van der Waals surface area contributed by atoms with E-state index in [0.717, 1.165) is 89.6 Å². The number of carbonyl (C=O) groups excluding carboxylic acids is 1. The maximum atomic E-state index is 15.3. The number of ether oxygens (including phenoxy) is 1. The summed E-state index contributed by atoms with van der Waals surface area (Å²) in [4.78, 5) is 21.9. The number of aryl methyl sites for hydroxylation is 6. The lowest BCUT2D eigenvalue weighted by atomic mass is 9.98. The molecule has 56 heavy (non-hydrogen) atoms. The van der Waals surface area contributed by atoms with Crippen LogP contribution in [0.25, 0.3) is 44.3 Å². The van der Waals surface area contributed by atoms with E-state index >= 15 is 4.79 Å². The maximum absolute atomic E-state index is 15.3. The van der Waals surface area contributed by atoms with Crippen LogP contribution in [0, 0.1) is 33.6 Å². The van der Waals surface area contributed by atoms with Gasteiger partial charge >= 0.3 is 0 Å². The van der Waals surface area contributed by atoms with Gasteiger partial charge in [-0.2, -0.15) is 10.2 Å². The molecule has 3 aromatic carbocycles. The van der Waals surface area contributed by atoms with E-state index in [9.17, 15) is 0 Å². The van der Waals surface area contributed by atoms with Gasteiger partial charge in [-0.15, -0.1) is 0 Å². The molecule has 5 heterocycles. The summed E-state index contributed by atoms with van der Waals surface area (Å²) in [6.07, 6.45) is 5.19. The van der Waals surface area contributed by atoms with Crippen LogP contribution in [-0.2, 0) is 27.1 Å². The molecular formula is C44H48Cl2N8O2. The van der Waals surface area contributed by atoms with Gasteiger partial charge < -0.3 is 18.8 Å². The fourth-order valence-corrected chi connectivity index (χ4v) is 8.91. The Balaban J connectivity index is 1.24. The van der Waals surface area contributed by atoms with Crippen LogP contribution >= 0.6 is 23.2 Å². The van der Waals surface area contributed by atoms with E-state index in [1.807, 2.05) is 67.3 Å². The Kier molecular flexibility index (Phi) is 9.77. The van der Waals surface area contributed by atoms with Crippen LogP contribution in [0.2, 0.25) is 10.0 Å². The van der Waals surface area contributed by atoms with Gasteiger partial charge in [-0.3, -0.25) is 14.2 Å². The Bertz CT molecular complexity index is 2660. The number of hydrogen-bond donors (Lipinski definition) is 0. The van der Waals surface area contributed by atoms with Crippen molar-refractivity contribution in [3.8, 4) is 28.3 Å². The van der Waals surface area contributed by atoms with Crippen molar-refractivity contribution in [2.45, 2.75) is 73.9 Å². The standard InChI is InChI=1S/C44H48Cl2N8O2/c1-24(2)20-52-23-47-43(49-52)30-12-15-36-34(19-30)37(22-50(36)8)53-21-27(5)54-41-33(13-14-35(45)39(41)38-28(6)48-51(9)29(38)7)32(42(54)44(53)55)11-10-16-56-31-17-25(3)40(46)26(4)18-31/h12-15,17-19,22-24,27H,10-11,16,20-21H2,1-9H3/t27-/m1/s1. The molecule has 1 amide bonds. The molecule has 1 aliphatic rings. The van der Waals surface area contributed by atoms with Crippen LogP contribution < -0.4 is 9.64 Å². The molecular weight excluding hydrogens is 743 g/mol. The predicted molar refractivity (Wildman–Crippen MR) is 227 cm³/mol. The average molecular weight is 792 g/mol. The third-order valence-corrected chi connectivity index (χ3v) is 12.1. The Hall–Kier alpha value is -5.06. The summed E-state index contributed by atoms with van der Waals surface area (Å²) in [5.74, 6) is 1.87. The zero-order chi connectivity index (χ0) is 39.7. The van der Waals surface area contributed by atoms with Crippen molar-refractivity contribution in [3.05, 3.63) is 98.8 Å². The van der Waals surface area contributed by atoms with Crippen LogP contribution in [0.15, 0.2) is 55.0 Å². The molecule has 0 spiro atoms. The van der Waals surface area contributed by atoms with Gasteiger partial charge in [-0.1, -0.05) is 43.1 Å². The normalized spacial score (nSPS) is 14.5. The minimum absolute atomic E-state index is 0.0434. The number of amides is 1. The lowest BCUT2D eigenvalue weighted by Gasteiger charge is -2.34. The molecule has 0 unspecified atom stereocenters. The molecule has 0 N–H and O–H groups in total. The summed E-state index contributed by atoms with van der Waals surface area (Å²) in [5.41, 5.74) is 11.2. The zero-order valence-corrected chi connectivity index (χ0v) is 35.0. The Labute approximate surface area is 337 Å². The number of carbonyl (C=O) groups is 1. The Morgan fingerprint density at radius 2 is 1.70 bits per heavy atom. The number of anilines is 1. The molecule has 0 aliphatic carbocycles. The Morgan fingerprint density at radius 1 is 0.946 bits per heavy atom. The quantitative estimate of drug-likeness (QED) is 0.129. The zero-order valence-electron chi connectivity index (χ0n) is 33.5. The first kappa shape index (κ1) is 37.8. The first-order valence-corrected chi connectivity index (χ1v) is 20.0. The third-order valence-electron chi connectivity index (χ3n) is 11.2. The summed E-state index contributed by atoms with van der Waals surface area (Å²) in [6, 6.07) is 14.2. The van der Waals surface area contributed by atoms with Crippen LogP contribution in [-0.4, -0.2) is 52.7 Å². The molecule has 0 saturated heterocycles. The molecule has 290 valence electrons. The second kappa shape index (κ2) is 14.5. The molecule has 7 aromatic rings. The van der Waals surface area contributed by atoms with E-state index in [0.29, 0.717) is 48.5 Å². The number of benzene rings is 3. The van der Waals surface area contributed by atoms with Crippen LogP contribution in [0.5, 0.6) is 5.75 Å². The molecule has 0 saturated carbocycles. The third kappa shape index (κ3) is 6.36. The molecule has 1 atom stereocenters. The summed E-state index contributed by atoms with van der Waals surface area (Å²) >= 11 is 13.6. The van der Waals surface area contributed by atoms with Crippen molar-refractivity contribution < 1.29 is 9.53 Å². The fourth-order valence-electron chi connectivity index (χ4n) is 8.55. The van der Waals surface area contributed by atoms with Crippen molar-refractivity contribution in [1.82, 2.24) is 33.7 Å². The molecule has 0 radical (unpaired) electrons. The predicted octanol–water partition coefficient (Wildman–Crippen LogP) is 10.2. The monoisotopic (exact) mass is 790 g/mol. The molecule has 12 heteroatoms. The topological polar surface area (TPSA) is 87.9 Å². The van der Waals surface area contributed by atoms with Crippen molar-refractivity contribution in [3.63, 3.8) is 0 Å². The molecule has 1 aliphatic heterocycles. The van der Waals surface area contributed by atoms with E-state index in [2.05, 4.69) is 72.3 Å². The number of halogens is 2. The van der Waals surface area contributed by atoms with E-state index in [1.54, 1.807) is 6.33 Å². The summed E-state index contributed by atoms with van der Waals surface area (Å²) < 4.78 is 14.4. The van der Waals surface area contributed by atoms with E-state index in [1.165, 1.54) is 0 Å². The largest absolute Gasteiger partial charge is 0.494 e. The number of nitrogens with zero attached hydrogens (tertiary/aromatic N) is 8. The van der Waals surface area contributed by atoms with Crippen molar-refractivity contribution >= 4 is 56.6 Å². The molecule has 0 bridgehead atoms. The van der Waals surface area contributed by atoms with Gasteiger partial charge in [0.15, 0.2) is 5.82 Å². The van der Waals surface area contributed by atoms with Gasteiger partial charge in [0.1, 0.15) is 17.8 Å². The molecule has 8 rings (SSSR count). The van der Waals surface area contributed by atoms with Gasteiger partial charge in [0.25, 0.3) is 5.91 Å². The van der Waals surface area contributed by atoms with E-state index in [4.69, 9.17) is 38.1 Å². The highest BCUT2D eigenvalue weighted by Crippen LogP contribution is 2.46. The lowest BCUT2D eigenvalue weighted by Crippen LogP contribution is -2.42. The number of aromatic nitrogens is 7. The molecule has 4 aromatic heterocycles. The number of hydrogen-bond acceptors (Lipinski definition) is 5. The first-order valence-electron chi connectivity index (χ1n) is 19.3. The second-order valence-electron chi connectivity index (χ2n) is 15.8. The highest BCUT2D eigenvalue weighted by Gasteiger charge is 2.37. The van der Waals surface area contributed by atoms with E-state index in [-0.39, 0.29) is 11.9 Å².